The summed E-state index contributed by atoms with van der Waals surface area (Å²) < 4.78 is 9.53. The Labute approximate surface area is 179 Å². The summed E-state index contributed by atoms with van der Waals surface area (Å²) in [6.45, 7) is -0.124. The monoisotopic (exact) mass is 458 g/mol. The summed E-state index contributed by atoms with van der Waals surface area (Å²) in [6.07, 6.45) is 12.0. The molecule has 2 rings (SSSR count). The number of halogens is 2. The van der Waals surface area contributed by atoms with Gasteiger partial charge in [0.15, 0.2) is 0 Å². The summed E-state index contributed by atoms with van der Waals surface area (Å²) in [5, 5.41) is 29.1. The van der Waals surface area contributed by atoms with E-state index >= 15 is 0 Å². The topological polar surface area (TPSA) is 99.1 Å². The van der Waals surface area contributed by atoms with Crippen molar-refractivity contribution in [3.8, 4) is 0 Å². The first-order valence-electron chi connectivity index (χ1n) is 7.73. The third-order valence-electron chi connectivity index (χ3n) is 2.97. The molecular formula is C18H20Cl2FeO6. The molecule has 2 unspecified atom stereocenters. The van der Waals surface area contributed by atoms with E-state index in [0.29, 0.717) is 11.1 Å². The number of carbonyl (C=O) groups is 1. The Kier molecular flexibility index (Phi) is 14.3. The van der Waals surface area contributed by atoms with Gasteiger partial charge in [0, 0.05) is 12.5 Å². The van der Waals surface area contributed by atoms with E-state index < -0.39 is 24.1 Å². The van der Waals surface area contributed by atoms with Gasteiger partial charge in [-0.2, -0.15) is 12.5 Å². The second-order valence-corrected chi connectivity index (χ2v) is 5.78. The van der Waals surface area contributed by atoms with Crippen molar-refractivity contribution in [2.24, 2.45) is 0 Å². The molecular weight excluding hydrogens is 439 g/mol. The van der Waals surface area contributed by atoms with Crippen LogP contribution in [0.15, 0.2) is 47.5 Å². The van der Waals surface area contributed by atoms with Gasteiger partial charge in [-0.25, -0.2) is 0 Å². The van der Waals surface area contributed by atoms with Crippen LogP contribution in [0.1, 0.15) is 0 Å². The van der Waals surface area contributed by atoms with Crippen molar-refractivity contribution in [3.63, 3.8) is 0 Å². The zero-order valence-electron chi connectivity index (χ0n) is 14.2. The van der Waals surface area contributed by atoms with Crippen molar-refractivity contribution < 1.29 is 46.7 Å². The van der Waals surface area contributed by atoms with Crippen molar-refractivity contribution in [2.75, 3.05) is 25.0 Å². The molecule has 9 heteroatoms. The van der Waals surface area contributed by atoms with E-state index in [1.54, 1.807) is 49.6 Å². The predicted molar refractivity (Wildman–Crippen MR) is 96.7 cm³/mol. The van der Waals surface area contributed by atoms with Gasteiger partial charge in [0.1, 0.15) is 12.7 Å². The number of ether oxygens (including phenoxy) is 2. The van der Waals surface area contributed by atoms with Crippen LogP contribution < -0.4 is 5.11 Å². The number of carbonyl (C=O) groups excluding carboxylic acids is 1. The molecule has 0 heterocycles. The van der Waals surface area contributed by atoms with Gasteiger partial charge in [-0.15, -0.1) is 28.8 Å². The van der Waals surface area contributed by atoms with E-state index in [9.17, 15) is 9.90 Å². The summed E-state index contributed by atoms with van der Waals surface area (Å²) in [4.78, 5) is 11.1. The Hall–Kier alpha value is -1.08. The third kappa shape index (κ3) is 10.7. The van der Waals surface area contributed by atoms with Crippen molar-refractivity contribution >= 4 is 29.2 Å². The van der Waals surface area contributed by atoms with Gasteiger partial charge in [-0.05, 0) is 5.57 Å². The van der Waals surface area contributed by atoms with Crippen LogP contribution in [0.2, 0.25) is 0 Å². The number of aliphatic hydroxyl groups is 2. The number of hydrogen-bond acceptors (Lipinski definition) is 6. The molecule has 2 atom stereocenters. The fourth-order valence-corrected chi connectivity index (χ4v) is 1.80. The average Bonchev–Trinajstić information content (AvgIpc) is 3.37. The number of esters is 1. The normalized spacial score (nSPS) is 16.3. The van der Waals surface area contributed by atoms with Gasteiger partial charge in [0.05, 0.1) is 17.9 Å². The van der Waals surface area contributed by atoms with Crippen molar-refractivity contribution in [2.45, 2.75) is 12.2 Å². The van der Waals surface area contributed by atoms with E-state index in [2.05, 4.69) is 0 Å². The predicted octanol–water partition coefficient (Wildman–Crippen LogP) is 0.980. The minimum absolute atomic E-state index is 0. The summed E-state index contributed by atoms with van der Waals surface area (Å²) >= 11 is 10.6. The molecule has 0 saturated heterocycles. The molecule has 2 aliphatic rings. The molecule has 0 aromatic carbocycles. The SMILES string of the molecule is O=C(OCC(O)CCl)C1=C[CH][CH][CH-]1.[Fe+2].[O-]C(OCC(O)CCl)=C1C=CC=C1. The van der Waals surface area contributed by atoms with Crippen LogP contribution in [0.5, 0.6) is 0 Å². The van der Waals surface area contributed by atoms with Gasteiger partial charge in [-0.1, -0.05) is 37.1 Å². The molecule has 0 aliphatic heterocycles. The van der Waals surface area contributed by atoms with Gasteiger partial charge >= 0.3 is 17.1 Å². The van der Waals surface area contributed by atoms with Crippen LogP contribution >= 0.6 is 23.2 Å². The van der Waals surface area contributed by atoms with Crippen LogP contribution in [0, 0.1) is 19.3 Å². The summed E-state index contributed by atoms with van der Waals surface area (Å²) in [5.41, 5.74) is 0.976. The average molecular weight is 459 g/mol. The van der Waals surface area contributed by atoms with Crippen LogP contribution in [0.4, 0.5) is 0 Å². The van der Waals surface area contributed by atoms with Crippen LogP contribution in [0.25, 0.3) is 0 Å². The molecule has 0 aromatic rings. The summed E-state index contributed by atoms with van der Waals surface area (Å²) in [5.74, 6) is -0.744. The Balaban J connectivity index is 0.000000483. The first kappa shape index (κ1) is 25.9. The van der Waals surface area contributed by atoms with Crippen LogP contribution in [0.3, 0.4) is 0 Å². The Bertz CT molecular complexity index is 560. The van der Waals surface area contributed by atoms with Crippen LogP contribution in [-0.4, -0.2) is 53.4 Å². The Morgan fingerprint density at radius 2 is 1.67 bits per heavy atom. The Morgan fingerprint density at radius 3 is 2.15 bits per heavy atom. The molecule has 0 aromatic heterocycles. The minimum atomic E-state index is -0.791. The molecule has 2 radical (unpaired) electrons. The van der Waals surface area contributed by atoms with E-state index in [0.717, 1.165) is 0 Å². The van der Waals surface area contributed by atoms with Gasteiger partial charge in [-0.3, -0.25) is 0 Å². The van der Waals surface area contributed by atoms with E-state index in [1.165, 1.54) is 0 Å². The maximum absolute atomic E-state index is 11.1. The number of rotatable bonds is 8. The van der Waals surface area contributed by atoms with Crippen molar-refractivity contribution in [3.05, 3.63) is 66.7 Å². The maximum atomic E-state index is 11.1. The molecule has 2 aliphatic carbocycles. The largest absolute Gasteiger partial charge is 2.00 e. The molecule has 27 heavy (non-hydrogen) atoms. The second kappa shape index (κ2) is 14.9. The molecule has 0 saturated carbocycles. The third-order valence-corrected chi connectivity index (χ3v) is 3.68. The second-order valence-electron chi connectivity index (χ2n) is 5.16. The number of hydrogen-bond donors (Lipinski definition) is 2. The number of aliphatic hydroxyl groups excluding tert-OH is 2. The molecule has 0 bridgehead atoms. The number of alkyl halides is 2. The van der Waals surface area contributed by atoms with E-state index in [-0.39, 0.29) is 42.0 Å². The first-order chi connectivity index (χ1) is 12.5. The van der Waals surface area contributed by atoms with Gasteiger partial charge in [0.25, 0.3) is 0 Å². The fraction of sp³-hybridized carbons (Fsp3) is 0.333. The molecule has 6 nitrogen and oxygen atoms in total. The van der Waals surface area contributed by atoms with Crippen LogP contribution in [-0.2, 0) is 31.3 Å². The molecule has 2 N–H and O–H groups in total. The minimum Gasteiger partial charge on any atom is -0.610 e. The van der Waals surface area contributed by atoms with Crippen molar-refractivity contribution in [1.82, 2.24) is 0 Å². The van der Waals surface area contributed by atoms with Gasteiger partial charge < -0.3 is 29.6 Å². The molecule has 150 valence electrons. The standard InChI is InChI=1S/C9H11ClO3.C9H10ClO3.Fe/c2*10-5-8(11)6-13-9(12)7-3-1-2-4-7;/h1-4,8,11-12H,5-6H2;1-4,8,11H,5-6H2;/q;-1;+2/p-1. The fourth-order valence-electron chi connectivity index (χ4n) is 1.62. The zero-order valence-corrected chi connectivity index (χ0v) is 16.9. The van der Waals surface area contributed by atoms with Gasteiger partial charge in [0.2, 0.25) is 5.97 Å². The van der Waals surface area contributed by atoms with Crippen molar-refractivity contribution in [1.29, 1.82) is 0 Å². The summed E-state index contributed by atoms with van der Waals surface area (Å²) in [7, 11) is 0. The first-order valence-corrected chi connectivity index (χ1v) is 8.80. The van der Waals surface area contributed by atoms with E-state index in [4.69, 9.17) is 42.9 Å². The quantitative estimate of drug-likeness (QED) is 0.185. The Morgan fingerprint density at radius 1 is 1.11 bits per heavy atom. The number of allylic oxidation sites excluding steroid dienone is 6. The zero-order chi connectivity index (χ0) is 19.4. The summed E-state index contributed by atoms with van der Waals surface area (Å²) in [6, 6.07) is 0. The maximum Gasteiger partial charge on any atom is 2.00 e. The smallest absolute Gasteiger partial charge is 0.610 e. The van der Waals surface area contributed by atoms with E-state index in [1.807, 2.05) is 0 Å². The molecule has 0 fully saturated rings. The molecule has 0 spiro atoms. The molecule has 0 amide bonds.